The molecule has 30 heavy (non-hydrogen) atoms. The van der Waals surface area contributed by atoms with Crippen LogP contribution in [0.15, 0.2) is 52.4 Å². The van der Waals surface area contributed by atoms with Crippen molar-refractivity contribution in [3.05, 3.63) is 69.1 Å². The summed E-state index contributed by atoms with van der Waals surface area (Å²) in [6, 6.07) is 0. The van der Waals surface area contributed by atoms with E-state index >= 15 is 0 Å². The Morgan fingerprint density at radius 1 is 1.10 bits per heavy atom. The van der Waals surface area contributed by atoms with Gasteiger partial charge in [-0.05, 0) is 40.0 Å². The van der Waals surface area contributed by atoms with E-state index in [9.17, 15) is 4.79 Å². The molecule has 0 fully saturated rings. The second-order valence-electron chi connectivity index (χ2n) is 7.58. The van der Waals surface area contributed by atoms with Crippen LogP contribution in [0.3, 0.4) is 0 Å². The van der Waals surface area contributed by atoms with Gasteiger partial charge in [0.2, 0.25) is 17.1 Å². The van der Waals surface area contributed by atoms with Gasteiger partial charge >= 0.3 is 0 Å². The maximum Gasteiger partial charge on any atom is 0.238 e. The van der Waals surface area contributed by atoms with Gasteiger partial charge in [0.25, 0.3) is 0 Å². The third kappa shape index (κ3) is 8.07. The Balaban J connectivity index is 2.75. The molecule has 166 valence electrons. The maximum absolute atomic E-state index is 12.4. The molecule has 0 spiro atoms. The molecule has 1 aromatic heterocycles. The fourth-order valence-corrected chi connectivity index (χ4v) is 2.96. The largest absolute Gasteiger partial charge is 0.488 e. The van der Waals surface area contributed by atoms with Crippen LogP contribution in [0.4, 0.5) is 0 Å². The molecule has 0 saturated heterocycles. The third-order valence-corrected chi connectivity index (χ3v) is 4.94. The number of pyridine rings is 1. The molecule has 5 nitrogen and oxygen atoms in total. The Hall–Kier alpha value is -2.53. The van der Waals surface area contributed by atoms with E-state index in [0.29, 0.717) is 23.8 Å². The second-order valence-corrected chi connectivity index (χ2v) is 7.58. The molecule has 0 aliphatic rings. The number of nitrogens with one attached hydrogen (secondary N) is 1. The van der Waals surface area contributed by atoms with E-state index in [1.165, 1.54) is 25.4 Å². The van der Waals surface area contributed by atoms with Crippen LogP contribution in [-0.4, -0.2) is 32.4 Å². The molecule has 1 rings (SSSR count). The van der Waals surface area contributed by atoms with E-state index in [2.05, 4.69) is 62.2 Å². The SMILES string of the molecule is COc1[nH]c(C/C=C(\C)C/C=C/C(C)=C/[C@@H](C)/C=C/[C@@H](C)OC)c(C)c(=O)c1OC. The minimum atomic E-state index is -0.141. The number of rotatable bonds is 11. The maximum atomic E-state index is 12.4. The Kier molecular flexibility index (Phi) is 11.0. The smallest absolute Gasteiger partial charge is 0.238 e. The quantitative estimate of drug-likeness (QED) is 0.393. The van der Waals surface area contributed by atoms with Gasteiger partial charge in [-0.3, -0.25) is 4.79 Å². The zero-order valence-corrected chi connectivity index (χ0v) is 19.7. The molecular formula is C25H37NO4. The van der Waals surface area contributed by atoms with Gasteiger partial charge in [-0.2, -0.15) is 0 Å². The van der Waals surface area contributed by atoms with E-state index in [1.807, 2.05) is 6.92 Å². The third-order valence-electron chi connectivity index (χ3n) is 4.94. The van der Waals surface area contributed by atoms with Crippen LogP contribution in [0.2, 0.25) is 0 Å². The Bertz CT molecular complexity index is 859. The fraction of sp³-hybridized carbons (Fsp3) is 0.480. The van der Waals surface area contributed by atoms with Crippen LogP contribution in [0.1, 0.15) is 45.4 Å². The number of aromatic nitrogens is 1. The lowest BCUT2D eigenvalue weighted by atomic mass is 10.1. The molecule has 0 radical (unpaired) electrons. The molecule has 0 aliphatic carbocycles. The average molecular weight is 416 g/mol. The van der Waals surface area contributed by atoms with Crippen molar-refractivity contribution in [3.8, 4) is 11.6 Å². The van der Waals surface area contributed by atoms with Crippen LogP contribution < -0.4 is 14.9 Å². The van der Waals surface area contributed by atoms with Crippen molar-refractivity contribution in [2.75, 3.05) is 21.3 Å². The first kappa shape index (κ1) is 25.5. The van der Waals surface area contributed by atoms with Crippen LogP contribution in [0.5, 0.6) is 11.6 Å². The summed E-state index contributed by atoms with van der Waals surface area (Å²) in [5.74, 6) is 0.928. The van der Waals surface area contributed by atoms with Gasteiger partial charge in [0.05, 0.1) is 20.3 Å². The van der Waals surface area contributed by atoms with Crippen molar-refractivity contribution < 1.29 is 14.2 Å². The molecule has 0 aromatic carbocycles. The predicted octanol–water partition coefficient (Wildman–Crippen LogP) is 5.31. The van der Waals surface area contributed by atoms with Gasteiger partial charge < -0.3 is 19.2 Å². The second kappa shape index (κ2) is 12.9. The van der Waals surface area contributed by atoms with E-state index in [0.717, 1.165) is 12.1 Å². The lowest BCUT2D eigenvalue weighted by molar-refractivity contribution is 0.156. The molecule has 0 amide bonds. The fourth-order valence-electron chi connectivity index (χ4n) is 2.96. The number of hydrogen-bond donors (Lipinski definition) is 1. The molecule has 0 unspecified atom stereocenters. The highest BCUT2D eigenvalue weighted by Crippen LogP contribution is 2.22. The first-order valence-corrected chi connectivity index (χ1v) is 10.3. The minimum absolute atomic E-state index is 0.133. The van der Waals surface area contributed by atoms with E-state index in [1.54, 1.807) is 14.0 Å². The highest BCUT2D eigenvalue weighted by Gasteiger charge is 2.14. The topological polar surface area (TPSA) is 60.5 Å². The van der Waals surface area contributed by atoms with Crippen LogP contribution in [0, 0.1) is 12.8 Å². The Morgan fingerprint density at radius 2 is 1.80 bits per heavy atom. The van der Waals surface area contributed by atoms with Crippen molar-refractivity contribution in [1.82, 2.24) is 4.98 Å². The zero-order chi connectivity index (χ0) is 22.7. The van der Waals surface area contributed by atoms with Gasteiger partial charge in [-0.1, -0.05) is 54.5 Å². The van der Waals surface area contributed by atoms with Gasteiger partial charge in [0.15, 0.2) is 0 Å². The number of H-pyrrole nitrogens is 1. The monoisotopic (exact) mass is 415 g/mol. The van der Waals surface area contributed by atoms with E-state index in [4.69, 9.17) is 14.2 Å². The lowest BCUT2D eigenvalue weighted by Gasteiger charge is -2.11. The number of hydrogen-bond acceptors (Lipinski definition) is 4. The predicted molar refractivity (Wildman–Crippen MR) is 125 cm³/mol. The molecule has 1 aromatic rings. The number of ether oxygens (including phenoxy) is 3. The van der Waals surface area contributed by atoms with Gasteiger partial charge in [-0.25, -0.2) is 0 Å². The lowest BCUT2D eigenvalue weighted by Crippen LogP contribution is -2.15. The van der Waals surface area contributed by atoms with Crippen LogP contribution in [0.25, 0.3) is 0 Å². The summed E-state index contributed by atoms with van der Waals surface area (Å²) in [6.07, 6.45) is 14.5. The summed E-state index contributed by atoms with van der Waals surface area (Å²) in [6.45, 7) is 10.2. The van der Waals surface area contributed by atoms with Gasteiger partial charge in [0.1, 0.15) is 0 Å². The Labute approximate surface area is 181 Å². The number of allylic oxidation sites excluding steroid dienone is 7. The normalized spacial score (nSPS) is 15.1. The Morgan fingerprint density at radius 3 is 2.40 bits per heavy atom. The molecule has 0 aliphatic heterocycles. The zero-order valence-electron chi connectivity index (χ0n) is 19.7. The summed E-state index contributed by atoms with van der Waals surface area (Å²) >= 11 is 0. The molecule has 2 atom stereocenters. The molecule has 1 N–H and O–H groups in total. The molecule has 0 bridgehead atoms. The first-order valence-electron chi connectivity index (χ1n) is 10.3. The van der Waals surface area contributed by atoms with Gasteiger partial charge in [0, 0.05) is 24.8 Å². The number of methoxy groups -OCH3 is 3. The number of aromatic amines is 1. The van der Waals surface area contributed by atoms with Crippen molar-refractivity contribution in [1.29, 1.82) is 0 Å². The van der Waals surface area contributed by atoms with E-state index < -0.39 is 0 Å². The van der Waals surface area contributed by atoms with Crippen molar-refractivity contribution >= 4 is 0 Å². The average Bonchev–Trinajstić information content (AvgIpc) is 2.72. The summed E-state index contributed by atoms with van der Waals surface area (Å²) in [5, 5.41) is 0. The highest BCUT2D eigenvalue weighted by molar-refractivity contribution is 5.40. The molecular weight excluding hydrogens is 378 g/mol. The van der Waals surface area contributed by atoms with Crippen molar-refractivity contribution in [2.45, 2.75) is 53.6 Å². The van der Waals surface area contributed by atoms with Crippen molar-refractivity contribution in [3.63, 3.8) is 0 Å². The minimum Gasteiger partial charge on any atom is -0.488 e. The molecule has 5 heteroatoms. The molecule has 1 heterocycles. The van der Waals surface area contributed by atoms with Crippen molar-refractivity contribution in [2.24, 2.45) is 5.92 Å². The molecule has 0 saturated carbocycles. The summed E-state index contributed by atoms with van der Waals surface area (Å²) in [4.78, 5) is 15.6. The standard InChI is InChI=1S/C25H37NO4/c1-17(10-9-11-18(2)16-19(3)12-14-20(4)28-6)13-15-22-21(5)23(27)24(29-7)25(26-22)30-8/h9,11-14,16,19-20H,10,15H2,1-8H3,(H,26,27)/b11-9+,14-12+,17-13+,18-16+/t19-,20+/m0/s1. The van der Waals surface area contributed by atoms with Crippen LogP contribution >= 0.6 is 0 Å². The van der Waals surface area contributed by atoms with Gasteiger partial charge in [-0.15, -0.1) is 0 Å². The summed E-state index contributed by atoms with van der Waals surface area (Å²) in [5.41, 5.74) is 3.80. The summed E-state index contributed by atoms with van der Waals surface area (Å²) < 4.78 is 15.6. The first-order chi connectivity index (χ1) is 14.2. The highest BCUT2D eigenvalue weighted by atomic mass is 16.5. The van der Waals surface area contributed by atoms with Crippen LogP contribution in [-0.2, 0) is 11.2 Å². The summed E-state index contributed by atoms with van der Waals surface area (Å²) in [7, 11) is 4.70. The van der Waals surface area contributed by atoms with E-state index in [-0.39, 0.29) is 17.3 Å².